The average Bonchev–Trinajstić information content (AvgIpc) is 2.45. The molecule has 0 unspecified atom stereocenters. The zero-order valence-electron chi connectivity index (χ0n) is 12.7. The molecule has 0 atom stereocenters. The van der Waals surface area contributed by atoms with Gasteiger partial charge in [0.05, 0.1) is 4.90 Å². The molecule has 0 radical (unpaired) electrons. The van der Waals surface area contributed by atoms with Gasteiger partial charge in [-0.1, -0.05) is 32.9 Å². The van der Waals surface area contributed by atoms with Crippen LogP contribution in [0.5, 0.6) is 0 Å². The molecule has 5 heteroatoms. The van der Waals surface area contributed by atoms with Crippen molar-refractivity contribution >= 4 is 10.0 Å². The Morgan fingerprint density at radius 2 is 1.75 bits per heavy atom. The van der Waals surface area contributed by atoms with Gasteiger partial charge < -0.3 is 5.32 Å². The first-order chi connectivity index (χ1) is 9.56. The van der Waals surface area contributed by atoms with Gasteiger partial charge in [-0.2, -0.15) is 4.31 Å². The molecule has 0 fully saturated rings. The molecule has 0 spiro atoms. The summed E-state index contributed by atoms with van der Waals surface area (Å²) in [5, 5.41) is 3.21. The van der Waals surface area contributed by atoms with Gasteiger partial charge in [0, 0.05) is 19.6 Å². The Morgan fingerprint density at radius 3 is 2.30 bits per heavy atom. The lowest BCUT2D eigenvalue weighted by Gasteiger charge is -2.21. The van der Waals surface area contributed by atoms with E-state index in [9.17, 15) is 8.42 Å². The van der Waals surface area contributed by atoms with Crippen molar-refractivity contribution in [1.82, 2.24) is 9.62 Å². The van der Waals surface area contributed by atoms with E-state index in [2.05, 4.69) is 5.32 Å². The number of hydrogen-bond donors (Lipinski definition) is 1. The Labute approximate surface area is 123 Å². The Hall–Kier alpha value is -0.910. The molecule has 0 heterocycles. The van der Waals surface area contributed by atoms with Crippen molar-refractivity contribution in [2.75, 3.05) is 19.6 Å². The number of sulfonamides is 1. The standard InChI is InChI=1S/C15H26N2O2S/c1-4-10-17(11-5-2)20(18,19)15-9-7-8-14(12-15)13-16-6-3/h7-9,12,16H,4-6,10-11,13H2,1-3H3. The third kappa shape index (κ3) is 4.58. The molecule has 0 bridgehead atoms. The molecule has 0 aromatic heterocycles. The van der Waals surface area contributed by atoms with Gasteiger partial charge in [0.15, 0.2) is 0 Å². The van der Waals surface area contributed by atoms with Gasteiger partial charge in [0.1, 0.15) is 0 Å². The fourth-order valence-corrected chi connectivity index (χ4v) is 3.78. The van der Waals surface area contributed by atoms with E-state index >= 15 is 0 Å². The Balaban J connectivity index is 3.00. The predicted octanol–water partition coefficient (Wildman–Crippen LogP) is 2.61. The molecule has 20 heavy (non-hydrogen) atoms. The molecule has 114 valence electrons. The SMILES string of the molecule is CCCN(CCC)S(=O)(=O)c1cccc(CNCC)c1. The second-order valence-corrected chi connectivity index (χ2v) is 6.77. The first-order valence-electron chi connectivity index (χ1n) is 7.36. The molecule has 1 aromatic carbocycles. The molecule has 1 aromatic rings. The summed E-state index contributed by atoms with van der Waals surface area (Å²) in [5.74, 6) is 0. The van der Waals surface area contributed by atoms with E-state index in [0.29, 0.717) is 24.5 Å². The van der Waals surface area contributed by atoms with Gasteiger partial charge in [-0.3, -0.25) is 0 Å². The van der Waals surface area contributed by atoms with Crippen molar-refractivity contribution in [3.8, 4) is 0 Å². The summed E-state index contributed by atoms with van der Waals surface area (Å²) in [4.78, 5) is 0.398. The highest BCUT2D eigenvalue weighted by Crippen LogP contribution is 2.18. The molecule has 0 amide bonds. The average molecular weight is 298 g/mol. The topological polar surface area (TPSA) is 49.4 Å². The summed E-state index contributed by atoms with van der Waals surface area (Å²) in [7, 11) is -3.37. The zero-order valence-corrected chi connectivity index (χ0v) is 13.5. The van der Waals surface area contributed by atoms with Crippen LogP contribution in [0.3, 0.4) is 0 Å². The van der Waals surface area contributed by atoms with Gasteiger partial charge in [0.25, 0.3) is 0 Å². The van der Waals surface area contributed by atoms with Crippen molar-refractivity contribution in [3.05, 3.63) is 29.8 Å². The van der Waals surface area contributed by atoms with Crippen LogP contribution in [0.15, 0.2) is 29.2 Å². The van der Waals surface area contributed by atoms with Crippen LogP contribution in [0.2, 0.25) is 0 Å². The molecule has 0 aliphatic rings. The van der Waals surface area contributed by atoms with Crippen molar-refractivity contribution in [3.63, 3.8) is 0 Å². The summed E-state index contributed by atoms with van der Waals surface area (Å²) >= 11 is 0. The molecule has 4 nitrogen and oxygen atoms in total. The summed E-state index contributed by atoms with van der Waals surface area (Å²) in [5.41, 5.74) is 1.00. The Kier molecular flexibility index (Phi) is 7.19. The van der Waals surface area contributed by atoms with Crippen molar-refractivity contribution < 1.29 is 8.42 Å². The number of nitrogens with zero attached hydrogens (tertiary/aromatic N) is 1. The molecule has 1 rings (SSSR count). The maximum Gasteiger partial charge on any atom is 0.243 e. The van der Waals surface area contributed by atoms with Gasteiger partial charge in [0.2, 0.25) is 10.0 Å². The maximum atomic E-state index is 12.6. The van der Waals surface area contributed by atoms with Crippen LogP contribution >= 0.6 is 0 Å². The van der Waals surface area contributed by atoms with Crippen LogP contribution in [0.4, 0.5) is 0 Å². The molecular weight excluding hydrogens is 272 g/mol. The highest BCUT2D eigenvalue weighted by Gasteiger charge is 2.22. The third-order valence-electron chi connectivity index (χ3n) is 3.06. The number of benzene rings is 1. The highest BCUT2D eigenvalue weighted by atomic mass is 32.2. The van der Waals surface area contributed by atoms with Gasteiger partial charge >= 0.3 is 0 Å². The summed E-state index contributed by atoms with van der Waals surface area (Å²) < 4.78 is 26.9. The van der Waals surface area contributed by atoms with E-state index in [1.807, 2.05) is 32.9 Å². The quantitative estimate of drug-likeness (QED) is 0.762. The molecule has 0 saturated heterocycles. The maximum absolute atomic E-state index is 12.6. The first kappa shape index (κ1) is 17.1. The molecule has 1 N–H and O–H groups in total. The summed E-state index contributed by atoms with van der Waals surface area (Å²) in [6.07, 6.45) is 1.66. The molecule has 0 aliphatic carbocycles. The van der Waals surface area contributed by atoms with Crippen LogP contribution in [-0.2, 0) is 16.6 Å². The molecule has 0 saturated carbocycles. The largest absolute Gasteiger partial charge is 0.313 e. The third-order valence-corrected chi connectivity index (χ3v) is 4.96. The predicted molar refractivity (Wildman–Crippen MR) is 83.2 cm³/mol. The van der Waals surface area contributed by atoms with Crippen LogP contribution in [-0.4, -0.2) is 32.4 Å². The molecule has 0 aliphatic heterocycles. The van der Waals surface area contributed by atoms with Crippen LogP contribution in [0.25, 0.3) is 0 Å². The minimum Gasteiger partial charge on any atom is -0.313 e. The van der Waals surface area contributed by atoms with Crippen molar-refractivity contribution in [1.29, 1.82) is 0 Å². The Morgan fingerprint density at radius 1 is 1.10 bits per heavy atom. The summed E-state index contributed by atoms with van der Waals surface area (Å²) in [6, 6.07) is 7.22. The van der Waals surface area contributed by atoms with Crippen molar-refractivity contribution in [2.24, 2.45) is 0 Å². The number of nitrogens with one attached hydrogen (secondary N) is 1. The van der Waals surface area contributed by atoms with Crippen LogP contribution in [0, 0.1) is 0 Å². The minimum atomic E-state index is -3.37. The second-order valence-electron chi connectivity index (χ2n) is 4.83. The Bertz CT molecular complexity index is 494. The first-order valence-corrected chi connectivity index (χ1v) is 8.80. The zero-order chi connectivity index (χ0) is 15.0. The van der Waals surface area contributed by atoms with Gasteiger partial charge in [-0.25, -0.2) is 8.42 Å². The van der Waals surface area contributed by atoms with Crippen LogP contribution < -0.4 is 5.32 Å². The number of hydrogen-bond acceptors (Lipinski definition) is 3. The molecular formula is C15H26N2O2S. The highest BCUT2D eigenvalue weighted by molar-refractivity contribution is 7.89. The fourth-order valence-electron chi connectivity index (χ4n) is 2.09. The van der Waals surface area contributed by atoms with Gasteiger partial charge in [-0.15, -0.1) is 0 Å². The lowest BCUT2D eigenvalue weighted by molar-refractivity contribution is 0.410. The van der Waals surface area contributed by atoms with Crippen LogP contribution in [0.1, 0.15) is 39.2 Å². The minimum absolute atomic E-state index is 0.398. The van der Waals surface area contributed by atoms with E-state index in [0.717, 1.165) is 24.9 Å². The fraction of sp³-hybridized carbons (Fsp3) is 0.600. The lowest BCUT2D eigenvalue weighted by Crippen LogP contribution is -2.32. The van der Waals surface area contributed by atoms with E-state index in [-0.39, 0.29) is 0 Å². The summed E-state index contributed by atoms with van der Waals surface area (Å²) in [6.45, 7) is 8.75. The monoisotopic (exact) mass is 298 g/mol. The van der Waals surface area contributed by atoms with Gasteiger partial charge in [-0.05, 0) is 37.1 Å². The van der Waals surface area contributed by atoms with E-state index in [4.69, 9.17) is 0 Å². The van der Waals surface area contributed by atoms with E-state index in [1.54, 1.807) is 16.4 Å². The smallest absolute Gasteiger partial charge is 0.243 e. The lowest BCUT2D eigenvalue weighted by atomic mass is 10.2. The second kappa shape index (κ2) is 8.39. The van der Waals surface area contributed by atoms with E-state index < -0.39 is 10.0 Å². The normalized spacial score (nSPS) is 12.0. The number of rotatable bonds is 9. The van der Waals surface area contributed by atoms with E-state index in [1.165, 1.54) is 0 Å². The van der Waals surface area contributed by atoms with Crippen molar-refractivity contribution in [2.45, 2.75) is 45.1 Å².